The standard InChI is InChI=1S/C11H16O/c1-4-9-7-10(8(2)3)5-6-11(9)12/h5-8,12H,4H2,1-3H3. The van der Waals surface area contributed by atoms with Crippen LogP contribution in [0.5, 0.6) is 5.75 Å². The second-order valence-electron chi connectivity index (χ2n) is 3.40. The summed E-state index contributed by atoms with van der Waals surface area (Å²) in [4.78, 5) is 0. The highest BCUT2D eigenvalue weighted by atomic mass is 16.3. The molecule has 0 aromatic heterocycles. The molecule has 0 radical (unpaired) electrons. The molecule has 0 aliphatic heterocycles. The molecule has 1 nitrogen and oxygen atoms in total. The second kappa shape index (κ2) is 3.61. The fraction of sp³-hybridized carbons (Fsp3) is 0.455. The highest BCUT2D eigenvalue weighted by Crippen LogP contribution is 2.23. The summed E-state index contributed by atoms with van der Waals surface area (Å²) in [6.07, 6.45) is 0.895. The molecule has 0 fully saturated rings. The molecule has 0 heterocycles. The smallest absolute Gasteiger partial charge is 0.118 e. The minimum absolute atomic E-state index is 0.418. The molecule has 0 unspecified atom stereocenters. The average Bonchev–Trinajstić information content (AvgIpc) is 2.05. The van der Waals surface area contributed by atoms with Crippen LogP contribution in [0.2, 0.25) is 0 Å². The third-order valence-corrected chi connectivity index (χ3v) is 2.15. The van der Waals surface area contributed by atoms with E-state index < -0.39 is 0 Å². The molecule has 1 heteroatoms. The van der Waals surface area contributed by atoms with Gasteiger partial charge in [0.25, 0.3) is 0 Å². The van der Waals surface area contributed by atoms with E-state index in [4.69, 9.17) is 0 Å². The minimum Gasteiger partial charge on any atom is -0.508 e. The van der Waals surface area contributed by atoms with Crippen molar-refractivity contribution in [2.75, 3.05) is 0 Å². The van der Waals surface area contributed by atoms with Gasteiger partial charge in [-0.3, -0.25) is 0 Å². The Kier molecular flexibility index (Phi) is 2.74. The third kappa shape index (κ3) is 1.79. The molecule has 12 heavy (non-hydrogen) atoms. The van der Waals surface area contributed by atoms with Crippen molar-refractivity contribution < 1.29 is 5.11 Å². The molecule has 66 valence electrons. The molecular formula is C11H16O. The zero-order valence-electron chi connectivity index (χ0n) is 7.96. The zero-order chi connectivity index (χ0) is 9.14. The van der Waals surface area contributed by atoms with Crippen molar-refractivity contribution in [3.05, 3.63) is 29.3 Å². The van der Waals surface area contributed by atoms with Gasteiger partial charge in [0.05, 0.1) is 0 Å². The Morgan fingerprint density at radius 2 is 2.00 bits per heavy atom. The number of rotatable bonds is 2. The van der Waals surface area contributed by atoms with Gasteiger partial charge in [0.1, 0.15) is 5.75 Å². The van der Waals surface area contributed by atoms with Crippen molar-refractivity contribution >= 4 is 0 Å². The summed E-state index contributed by atoms with van der Waals surface area (Å²) in [5.41, 5.74) is 2.34. The molecule has 0 amide bonds. The van der Waals surface area contributed by atoms with E-state index in [-0.39, 0.29) is 0 Å². The monoisotopic (exact) mass is 164 g/mol. The highest BCUT2D eigenvalue weighted by molar-refractivity contribution is 5.37. The topological polar surface area (TPSA) is 20.2 Å². The van der Waals surface area contributed by atoms with Gasteiger partial charge in [-0.05, 0) is 29.5 Å². The summed E-state index contributed by atoms with van der Waals surface area (Å²) < 4.78 is 0. The maximum absolute atomic E-state index is 9.42. The summed E-state index contributed by atoms with van der Waals surface area (Å²) >= 11 is 0. The van der Waals surface area contributed by atoms with Crippen LogP contribution in [-0.2, 0) is 6.42 Å². The SMILES string of the molecule is CCc1cc(C(C)C)ccc1O. The van der Waals surface area contributed by atoms with Gasteiger partial charge in [-0.15, -0.1) is 0 Å². The Bertz CT molecular complexity index is 264. The van der Waals surface area contributed by atoms with E-state index in [9.17, 15) is 5.11 Å². The molecule has 0 saturated heterocycles. The van der Waals surface area contributed by atoms with E-state index in [1.807, 2.05) is 6.07 Å². The van der Waals surface area contributed by atoms with Crippen molar-refractivity contribution in [3.8, 4) is 5.75 Å². The largest absolute Gasteiger partial charge is 0.508 e. The van der Waals surface area contributed by atoms with Gasteiger partial charge in [0.2, 0.25) is 0 Å². The number of phenols is 1. The molecule has 0 aliphatic carbocycles. The van der Waals surface area contributed by atoms with Crippen LogP contribution in [0, 0.1) is 0 Å². The number of aryl methyl sites for hydroxylation is 1. The first-order valence-corrected chi connectivity index (χ1v) is 4.47. The predicted octanol–water partition coefficient (Wildman–Crippen LogP) is 3.08. The maximum atomic E-state index is 9.42. The fourth-order valence-electron chi connectivity index (χ4n) is 1.25. The maximum Gasteiger partial charge on any atom is 0.118 e. The van der Waals surface area contributed by atoms with Gasteiger partial charge in [-0.1, -0.05) is 32.9 Å². The highest BCUT2D eigenvalue weighted by Gasteiger charge is 2.02. The molecule has 1 N–H and O–H groups in total. The summed E-state index contributed by atoms with van der Waals surface area (Å²) in [5, 5.41) is 9.42. The lowest BCUT2D eigenvalue weighted by atomic mass is 9.99. The van der Waals surface area contributed by atoms with Crippen molar-refractivity contribution in [1.82, 2.24) is 0 Å². The van der Waals surface area contributed by atoms with Crippen molar-refractivity contribution in [1.29, 1.82) is 0 Å². The number of aromatic hydroxyl groups is 1. The zero-order valence-corrected chi connectivity index (χ0v) is 7.96. The molecule has 1 aromatic rings. The minimum atomic E-state index is 0.418. The van der Waals surface area contributed by atoms with Gasteiger partial charge in [0.15, 0.2) is 0 Å². The summed E-state index contributed by atoms with van der Waals surface area (Å²) in [7, 11) is 0. The summed E-state index contributed by atoms with van der Waals surface area (Å²) in [6.45, 7) is 6.37. The van der Waals surface area contributed by atoms with Crippen LogP contribution in [0.1, 0.15) is 37.8 Å². The molecular weight excluding hydrogens is 148 g/mol. The predicted molar refractivity (Wildman–Crippen MR) is 51.6 cm³/mol. The van der Waals surface area contributed by atoms with Crippen molar-refractivity contribution in [3.63, 3.8) is 0 Å². The lowest BCUT2D eigenvalue weighted by Gasteiger charge is -2.08. The Morgan fingerprint density at radius 1 is 1.33 bits per heavy atom. The molecule has 0 aliphatic rings. The summed E-state index contributed by atoms with van der Waals surface area (Å²) in [6, 6.07) is 5.85. The van der Waals surface area contributed by atoms with Crippen molar-refractivity contribution in [2.24, 2.45) is 0 Å². The van der Waals surface area contributed by atoms with E-state index in [2.05, 4.69) is 26.8 Å². The first-order valence-electron chi connectivity index (χ1n) is 4.47. The van der Waals surface area contributed by atoms with Crippen LogP contribution in [0.4, 0.5) is 0 Å². The molecule has 0 atom stereocenters. The Balaban J connectivity index is 3.05. The van der Waals surface area contributed by atoms with E-state index >= 15 is 0 Å². The van der Waals surface area contributed by atoms with Gasteiger partial charge in [0, 0.05) is 0 Å². The van der Waals surface area contributed by atoms with Crippen LogP contribution in [0.25, 0.3) is 0 Å². The van der Waals surface area contributed by atoms with E-state index in [0.717, 1.165) is 12.0 Å². The molecule has 0 bridgehead atoms. The van der Waals surface area contributed by atoms with Gasteiger partial charge in [-0.25, -0.2) is 0 Å². The normalized spacial score (nSPS) is 10.7. The first kappa shape index (κ1) is 9.11. The number of phenolic OH excluding ortho intramolecular Hbond substituents is 1. The van der Waals surface area contributed by atoms with Crippen LogP contribution in [0.15, 0.2) is 18.2 Å². The van der Waals surface area contributed by atoms with Gasteiger partial charge in [-0.2, -0.15) is 0 Å². The Labute approximate surface area is 74.1 Å². The first-order chi connectivity index (χ1) is 5.65. The quantitative estimate of drug-likeness (QED) is 0.712. The molecule has 0 spiro atoms. The average molecular weight is 164 g/mol. The van der Waals surface area contributed by atoms with Gasteiger partial charge < -0.3 is 5.11 Å². The lowest BCUT2D eigenvalue weighted by molar-refractivity contribution is 0.468. The van der Waals surface area contributed by atoms with Crippen LogP contribution in [-0.4, -0.2) is 5.11 Å². The van der Waals surface area contributed by atoms with E-state index in [1.54, 1.807) is 6.07 Å². The third-order valence-electron chi connectivity index (χ3n) is 2.15. The molecule has 1 rings (SSSR count). The van der Waals surface area contributed by atoms with E-state index in [1.165, 1.54) is 5.56 Å². The number of hydrogen-bond acceptors (Lipinski definition) is 1. The summed E-state index contributed by atoms with van der Waals surface area (Å²) in [5.74, 6) is 0.956. The van der Waals surface area contributed by atoms with Crippen LogP contribution in [0.3, 0.4) is 0 Å². The molecule has 0 saturated carbocycles. The Morgan fingerprint density at radius 3 is 2.50 bits per heavy atom. The van der Waals surface area contributed by atoms with Crippen LogP contribution >= 0.6 is 0 Å². The Hall–Kier alpha value is -0.980. The van der Waals surface area contributed by atoms with Crippen LogP contribution < -0.4 is 0 Å². The molecule has 1 aromatic carbocycles. The second-order valence-corrected chi connectivity index (χ2v) is 3.40. The number of hydrogen-bond donors (Lipinski definition) is 1. The van der Waals surface area contributed by atoms with E-state index in [0.29, 0.717) is 11.7 Å². The van der Waals surface area contributed by atoms with Gasteiger partial charge >= 0.3 is 0 Å². The van der Waals surface area contributed by atoms with Crippen molar-refractivity contribution in [2.45, 2.75) is 33.1 Å². The lowest BCUT2D eigenvalue weighted by Crippen LogP contribution is -1.89. The number of benzene rings is 1. The fourth-order valence-corrected chi connectivity index (χ4v) is 1.25.